The molecule has 2 nitrogen and oxygen atoms in total. The molecule has 3 heteroatoms. The van der Waals surface area contributed by atoms with E-state index in [2.05, 4.69) is 0 Å². The monoisotopic (exact) mass is 262 g/mol. The van der Waals surface area contributed by atoms with Gasteiger partial charge in [-0.25, -0.2) is 4.39 Å². The van der Waals surface area contributed by atoms with Gasteiger partial charge in [0.1, 0.15) is 5.82 Å². The molecule has 1 aromatic carbocycles. The number of carbonyl (C=O) groups excluding carboxylic acids is 1. The number of aryl methyl sites for hydroxylation is 2. The third kappa shape index (κ3) is 2.32. The van der Waals surface area contributed by atoms with Crippen molar-refractivity contribution in [2.75, 3.05) is 0 Å². The fourth-order valence-electron chi connectivity index (χ4n) is 3.40. The topological polar surface area (TPSA) is 26.3 Å². The van der Waals surface area contributed by atoms with E-state index >= 15 is 0 Å². The first-order chi connectivity index (χ1) is 9.04. The van der Waals surface area contributed by atoms with Crippen LogP contribution in [0.15, 0.2) is 12.1 Å². The molecule has 0 saturated carbocycles. The first kappa shape index (κ1) is 12.8. The van der Waals surface area contributed by atoms with E-state index < -0.39 is 0 Å². The van der Waals surface area contributed by atoms with Crippen LogP contribution in [0.2, 0.25) is 0 Å². The predicted octanol–water partition coefficient (Wildman–Crippen LogP) is 3.58. The Labute approximate surface area is 113 Å². The maximum absolute atomic E-state index is 13.6. The molecule has 0 amide bonds. The Kier molecular flexibility index (Phi) is 3.17. The molecule has 0 aromatic heterocycles. The maximum atomic E-state index is 13.6. The van der Waals surface area contributed by atoms with Crippen LogP contribution in [0.3, 0.4) is 0 Å². The van der Waals surface area contributed by atoms with Gasteiger partial charge in [0.15, 0.2) is 5.78 Å². The minimum absolute atomic E-state index is 0.0514. The van der Waals surface area contributed by atoms with Gasteiger partial charge >= 0.3 is 0 Å². The van der Waals surface area contributed by atoms with Crippen molar-refractivity contribution in [3.63, 3.8) is 0 Å². The number of rotatable bonds is 2. The van der Waals surface area contributed by atoms with E-state index in [0.29, 0.717) is 16.7 Å². The Bertz CT molecular complexity index is 488. The molecular formula is C16H19FO2. The van der Waals surface area contributed by atoms with Crippen molar-refractivity contribution in [2.45, 2.75) is 51.7 Å². The molecule has 2 unspecified atom stereocenters. The van der Waals surface area contributed by atoms with Crippen molar-refractivity contribution >= 4 is 5.78 Å². The Balaban J connectivity index is 1.84. The minimum Gasteiger partial charge on any atom is -0.375 e. The van der Waals surface area contributed by atoms with Gasteiger partial charge in [0.05, 0.1) is 12.2 Å². The van der Waals surface area contributed by atoms with Crippen LogP contribution in [-0.4, -0.2) is 18.0 Å². The van der Waals surface area contributed by atoms with Crippen molar-refractivity contribution in [1.82, 2.24) is 0 Å². The van der Waals surface area contributed by atoms with Crippen molar-refractivity contribution < 1.29 is 13.9 Å². The number of fused-ring (bicyclic) bond motifs is 2. The SMILES string of the molecule is Cc1cc(C(=O)C2CC3CCC(C2)O3)cc(C)c1F. The largest absolute Gasteiger partial charge is 0.375 e. The normalized spacial score (nSPS) is 29.5. The first-order valence-corrected chi connectivity index (χ1v) is 7.01. The van der Waals surface area contributed by atoms with Crippen molar-refractivity contribution in [3.05, 3.63) is 34.6 Å². The summed E-state index contributed by atoms with van der Waals surface area (Å²) in [6.45, 7) is 3.43. The third-order valence-electron chi connectivity index (χ3n) is 4.38. The molecule has 0 aliphatic carbocycles. The standard InChI is InChI=1S/C16H19FO2/c1-9-5-11(6-10(2)15(9)17)16(18)12-7-13-3-4-14(8-12)19-13/h5-6,12-14H,3-4,7-8H2,1-2H3. The lowest BCUT2D eigenvalue weighted by molar-refractivity contribution is -0.0149. The molecule has 1 aromatic rings. The second-order valence-corrected chi connectivity index (χ2v) is 5.91. The van der Waals surface area contributed by atoms with Crippen LogP contribution in [0.25, 0.3) is 0 Å². The van der Waals surface area contributed by atoms with Crippen LogP contribution in [0, 0.1) is 25.6 Å². The van der Waals surface area contributed by atoms with Crippen LogP contribution in [0.4, 0.5) is 4.39 Å². The van der Waals surface area contributed by atoms with Crippen LogP contribution >= 0.6 is 0 Å². The third-order valence-corrected chi connectivity index (χ3v) is 4.38. The van der Waals surface area contributed by atoms with E-state index in [-0.39, 0.29) is 29.7 Å². The molecule has 2 heterocycles. The van der Waals surface area contributed by atoms with E-state index in [4.69, 9.17) is 4.74 Å². The van der Waals surface area contributed by atoms with E-state index in [1.165, 1.54) is 0 Å². The summed E-state index contributed by atoms with van der Waals surface area (Å²) in [6, 6.07) is 3.37. The molecule has 2 aliphatic heterocycles. The molecule has 0 spiro atoms. The molecule has 2 bridgehead atoms. The molecule has 2 atom stereocenters. The molecule has 2 fully saturated rings. The zero-order valence-corrected chi connectivity index (χ0v) is 11.4. The van der Waals surface area contributed by atoms with Crippen molar-refractivity contribution in [2.24, 2.45) is 5.92 Å². The Hall–Kier alpha value is -1.22. The van der Waals surface area contributed by atoms with Gasteiger partial charge in [-0.05, 0) is 62.8 Å². The molecule has 3 rings (SSSR count). The number of halogens is 1. The van der Waals surface area contributed by atoms with Gasteiger partial charge in [0.2, 0.25) is 0 Å². The summed E-state index contributed by atoms with van der Waals surface area (Å²) in [6.07, 6.45) is 4.33. The average molecular weight is 262 g/mol. The number of ketones is 1. The lowest BCUT2D eigenvalue weighted by atomic mass is 9.87. The summed E-state index contributed by atoms with van der Waals surface area (Å²) < 4.78 is 19.4. The molecular weight excluding hydrogens is 243 g/mol. The van der Waals surface area contributed by atoms with Gasteiger partial charge in [-0.1, -0.05) is 0 Å². The average Bonchev–Trinajstić information content (AvgIpc) is 2.73. The van der Waals surface area contributed by atoms with Crippen LogP contribution in [-0.2, 0) is 4.74 Å². The summed E-state index contributed by atoms with van der Waals surface area (Å²) in [5.41, 5.74) is 1.76. The number of ether oxygens (including phenoxy) is 1. The Morgan fingerprint density at radius 3 is 2.21 bits per heavy atom. The van der Waals surface area contributed by atoms with E-state index in [1.54, 1.807) is 26.0 Å². The lowest BCUT2D eigenvalue weighted by Gasteiger charge is -2.27. The van der Waals surface area contributed by atoms with Gasteiger partial charge in [-0.15, -0.1) is 0 Å². The second kappa shape index (κ2) is 4.71. The zero-order valence-electron chi connectivity index (χ0n) is 11.4. The maximum Gasteiger partial charge on any atom is 0.166 e. The summed E-state index contributed by atoms with van der Waals surface area (Å²) >= 11 is 0. The minimum atomic E-state index is -0.205. The van der Waals surface area contributed by atoms with Gasteiger partial charge in [0.25, 0.3) is 0 Å². The van der Waals surface area contributed by atoms with Gasteiger partial charge in [-0.3, -0.25) is 4.79 Å². The fourth-order valence-corrected chi connectivity index (χ4v) is 3.40. The van der Waals surface area contributed by atoms with E-state index in [0.717, 1.165) is 25.7 Å². The zero-order chi connectivity index (χ0) is 13.6. The Morgan fingerprint density at radius 1 is 1.16 bits per heavy atom. The summed E-state index contributed by atoms with van der Waals surface area (Å²) in [4.78, 5) is 12.6. The van der Waals surface area contributed by atoms with Crippen molar-refractivity contribution in [1.29, 1.82) is 0 Å². The summed E-state index contributed by atoms with van der Waals surface area (Å²) in [7, 11) is 0. The summed E-state index contributed by atoms with van der Waals surface area (Å²) in [5, 5.41) is 0. The molecule has 19 heavy (non-hydrogen) atoms. The van der Waals surface area contributed by atoms with Gasteiger partial charge < -0.3 is 4.74 Å². The second-order valence-electron chi connectivity index (χ2n) is 5.91. The van der Waals surface area contributed by atoms with Crippen LogP contribution in [0.1, 0.15) is 47.2 Å². The molecule has 102 valence electrons. The van der Waals surface area contributed by atoms with E-state index in [1.807, 2.05) is 0 Å². The molecule has 2 saturated heterocycles. The number of Topliss-reactive ketones (excluding diaryl/α,β-unsaturated/α-hetero) is 1. The quantitative estimate of drug-likeness (QED) is 0.761. The Morgan fingerprint density at radius 2 is 1.68 bits per heavy atom. The number of benzene rings is 1. The molecule has 2 aliphatic rings. The smallest absolute Gasteiger partial charge is 0.166 e. The lowest BCUT2D eigenvalue weighted by Crippen LogP contribution is -2.30. The molecule has 0 N–H and O–H groups in total. The highest BCUT2D eigenvalue weighted by molar-refractivity contribution is 5.98. The predicted molar refractivity (Wildman–Crippen MR) is 70.8 cm³/mol. The van der Waals surface area contributed by atoms with Crippen LogP contribution < -0.4 is 0 Å². The number of hydrogen-bond acceptors (Lipinski definition) is 2. The number of hydrogen-bond donors (Lipinski definition) is 0. The van der Waals surface area contributed by atoms with E-state index in [9.17, 15) is 9.18 Å². The fraction of sp³-hybridized carbons (Fsp3) is 0.562. The summed E-state index contributed by atoms with van der Waals surface area (Å²) in [5.74, 6) is 0.00510. The highest BCUT2D eigenvalue weighted by Gasteiger charge is 2.38. The highest BCUT2D eigenvalue weighted by Crippen LogP contribution is 2.37. The van der Waals surface area contributed by atoms with Crippen molar-refractivity contribution in [3.8, 4) is 0 Å². The molecule has 0 radical (unpaired) electrons. The van der Waals surface area contributed by atoms with Gasteiger partial charge in [0, 0.05) is 11.5 Å². The first-order valence-electron chi connectivity index (χ1n) is 7.01. The van der Waals surface area contributed by atoms with Gasteiger partial charge in [-0.2, -0.15) is 0 Å². The number of carbonyl (C=O) groups is 1. The van der Waals surface area contributed by atoms with Crippen LogP contribution in [0.5, 0.6) is 0 Å². The highest BCUT2D eigenvalue weighted by atomic mass is 19.1.